The van der Waals surface area contributed by atoms with Gasteiger partial charge in [-0.2, -0.15) is 0 Å². The molecule has 0 radical (unpaired) electrons. The lowest BCUT2D eigenvalue weighted by atomic mass is 10.1. The maximum absolute atomic E-state index is 12.5. The first-order valence-electron chi connectivity index (χ1n) is 7.64. The van der Waals surface area contributed by atoms with E-state index in [-0.39, 0.29) is 17.7 Å². The van der Waals surface area contributed by atoms with Crippen molar-refractivity contribution in [2.45, 2.75) is 12.8 Å². The Labute approximate surface area is 139 Å². The summed E-state index contributed by atoms with van der Waals surface area (Å²) in [5.74, 6) is -0.241. The molecular formula is C17H19N3O2S. The van der Waals surface area contributed by atoms with Gasteiger partial charge in [0.25, 0.3) is 0 Å². The summed E-state index contributed by atoms with van der Waals surface area (Å²) in [5, 5.41) is 2.51. The standard InChI is InChI=1S/C17H19N3O2S/c1-19(17-18-8-10-23-17)16(22)14-11-15(21)20(12-14)9-7-13-5-3-2-4-6-13/h2-6,8,10,14H,7,9,11-12H2,1H3. The molecule has 1 saturated heterocycles. The maximum atomic E-state index is 12.5. The van der Waals surface area contributed by atoms with Crippen LogP contribution in [0.2, 0.25) is 0 Å². The number of rotatable bonds is 5. The lowest BCUT2D eigenvalue weighted by Gasteiger charge is -2.19. The number of benzene rings is 1. The number of amides is 2. The lowest BCUT2D eigenvalue weighted by Crippen LogP contribution is -2.35. The van der Waals surface area contributed by atoms with Crippen molar-refractivity contribution in [1.82, 2.24) is 9.88 Å². The topological polar surface area (TPSA) is 53.5 Å². The molecule has 2 aromatic rings. The van der Waals surface area contributed by atoms with Gasteiger partial charge in [0.1, 0.15) is 0 Å². The van der Waals surface area contributed by atoms with Crippen LogP contribution in [0.5, 0.6) is 0 Å². The van der Waals surface area contributed by atoms with E-state index in [2.05, 4.69) is 17.1 Å². The van der Waals surface area contributed by atoms with Gasteiger partial charge >= 0.3 is 0 Å². The zero-order chi connectivity index (χ0) is 16.2. The first kappa shape index (κ1) is 15.7. The molecule has 1 aromatic carbocycles. The van der Waals surface area contributed by atoms with Crippen LogP contribution >= 0.6 is 11.3 Å². The molecule has 1 unspecified atom stereocenters. The van der Waals surface area contributed by atoms with Crippen molar-refractivity contribution in [1.29, 1.82) is 0 Å². The molecule has 0 N–H and O–H groups in total. The van der Waals surface area contributed by atoms with Crippen molar-refractivity contribution in [3.8, 4) is 0 Å². The number of hydrogen-bond acceptors (Lipinski definition) is 4. The highest BCUT2D eigenvalue weighted by atomic mass is 32.1. The van der Waals surface area contributed by atoms with Gasteiger partial charge in [-0.05, 0) is 12.0 Å². The van der Waals surface area contributed by atoms with Crippen molar-refractivity contribution >= 4 is 28.3 Å². The molecule has 0 aliphatic carbocycles. The summed E-state index contributed by atoms with van der Waals surface area (Å²) in [4.78, 5) is 32.2. The number of thiazole rings is 1. The van der Waals surface area contributed by atoms with Crippen LogP contribution in [-0.2, 0) is 16.0 Å². The molecule has 0 bridgehead atoms. The molecule has 0 spiro atoms. The van der Waals surface area contributed by atoms with Gasteiger partial charge in [0.15, 0.2) is 5.13 Å². The first-order chi connectivity index (χ1) is 11.1. The van der Waals surface area contributed by atoms with Crippen LogP contribution in [0.3, 0.4) is 0 Å². The molecular weight excluding hydrogens is 310 g/mol. The lowest BCUT2D eigenvalue weighted by molar-refractivity contribution is -0.128. The van der Waals surface area contributed by atoms with Gasteiger partial charge in [-0.25, -0.2) is 4.98 Å². The Hall–Kier alpha value is -2.21. The minimum absolute atomic E-state index is 0.0319. The Kier molecular flexibility index (Phi) is 4.71. The molecule has 1 fully saturated rings. The average molecular weight is 329 g/mol. The monoisotopic (exact) mass is 329 g/mol. The van der Waals surface area contributed by atoms with Crippen LogP contribution < -0.4 is 4.90 Å². The SMILES string of the molecule is CN(C(=O)C1CC(=O)N(CCc2ccccc2)C1)c1nccs1. The van der Waals surface area contributed by atoms with Gasteiger partial charge in [0, 0.05) is 38.1 Å². The maximum Gasteiger partial charge on any atom is 0.233 e. The Morgan fingerprint density at radius 2 is 2.17 bits per heavy atom. The van der Waals surface area contributed by atoms with Gasteiger partial charge in [0.05, 0.1) is 5.92 Å². The summed E-state index contributed by atoms with van der Waals surface area (Å²) in [5.41, 5.74) is 1.20. The molecule has 1 aliphatic rings. The van der Waals surface area contributed by atoms with E-state index in [0.29, 0.717) is 24.6 Å². The fraction of sp³-hybridized carbons (Fsp3) is 0.353. The molecule has 6 heteroatoms. The van der Waals surface area contributed by atoms with E-state index < -0.39 is 0 Å². The number of anilines is 1. The minimum Gasteiger partial charge on any atom is -0.342 e. The third-order valence-corrected chi connectivity index (χ3v) is 4.96. The molecule has 120 valence electrons. The summed E-state index contributed by atoms with van der Waals surface area (Å²) >= 11 is 1.42. The second-order valence-corrected chi connectivity index (χ2v) is 6.56. The number of carbonyl (C=O) groups is 2. The summed E-state index contributed by atoms with van der Waals surface area (Å²) < 4.78 is 0. The third kappa shape index (κ3) is 3.59. The van der Waals surface area contributed by atoms with Crippen molar-refractivity contribution in [2.24, 2.45) is 5.92 Å². The molecule has 3 rings (SSSR count). The number of likely N-dealkylation sites (tertiary alicyclic amines) is 1. The van der Waals surface area contributed by atoms with Gasteiger partial charge < -0.3 is 4.90 Å². The first-order valence-corrected chi connectivity index (χ1v) is 8.52. The second kappa shape index (κ2) is 6.91. The molecule has 2 amide bonds. The summed E-state index contributed by atoms with van der Waals surface area (Å²) in [6.45, 7) is 1.16. The van der Waals surface area contributed by atoms with Gasteiger partial charge in [-0.15, -0.1) is 11.3 Å². The Morgan fingerprint density at radius 3 is 2.87 bits per heavy atom. The quantitative estimate of drug-likeness (QED) is 0.845. The molecule has 1 atom stereocenters. The van der Waals surface area contributed by atoms with Crippen LogP contribution in [-0.4, -0.2) is 41.8 Å². The van der Waals surface area contributed by atoms with Gasteiger partial charge in [0.2, 0.25) is 11.8 Å². The van der Waals surface area contributed by atoms with E-state index >= 15 is 0 Å². The highest BCUT2D eigenvalue weighted by Gasteiger charge is 2.36. The molecule has 23 heavy (non-hydrogen) atoms. The molecule has 2 heterocycles. The zero-order valence-corrected chi connectivity index (χ0v) is 13.8. The summed E-state index contributed by atoms with van der Waals surface area (Å²) in [7, 11) is 1.72. The van der Waals surface area contributed by atoms with Crippen LogP contribution in [0, 0.1) is 5.92 Å². The van der Waals surface area contributed by atoms with E-state index in [9.17, 15) is 9.59 Å². The smallest absolute Gasteiger partial charge is 0.233 e. The average Bonchev–Trinajstić information content (AvgIpc) is 3.22. The number of carbonyl (C=O) groups excluding carboxylic acids is 2. The van der Waals surface area contributed by atoms with Gasteiger partial charge in [-0.1, -0.05) is 30.3 Å². The number of nitrogens with zero attached hydrogens (tertiary/aromatic N) is 3. The summed E-state index contributed by atoms with van der Waals surface area (Å²) in [6.07, 6.45) is 2.79. The highest BCUT2D eigenvalue weighted by molar-refractivity contribution is 7.13. The molecule has 1 aromatic heterocycles. The van der Waals surface area contributed by atoms with E-state index in [1.165, 1.54) is 16.9 Å². The molecule has 1 aliphatic heterocycles. The van der Waals surface area contributed by atoms with Crippen LogP contribution in [0.1, 0.15) is 12.0 Å². The van der Waals surface area contributed by atoms with E-state index in [0.717, 1.165) is 6.42 Å². The predicted molar refractivity (Wildman–Crippen MR) is 90.4 cm³/mol. The van der Waals surface area contributed by atoms with Crippen LogP contribution in [0.25, 0.3) is 0 Å². The largest absolute Gasteiger partial charge is 0.342 e. The highest BCUT2D eigenvalue weighted by Crippen LogP contribution is 2.24. The molecule has 0 saturated carbocycles. The van der Waals surface area contributed by atoms with Crippen molar-refractivity contribution < 1.29 is 9.59 Å². The Morgan fingerprint density at radius 1 is 1.39 bits per heavy atom. The van der Waals surface area contributed by atoms with Crippen molar-refractivity contribution in [2.75, 3.05) is 25.0 Å². The van der Waals surface area contributed by atoms with Crippen molar-refractivity contribution in [3.63, 3.8) is 0 Å². The fourth-order valence-corrected chi connectivity index (χ4v) is 3.43. The van der Waals surface area contributed by atoms with E-state index in [1.807, 2.05) is 23.6 Å². The van der Waals surface area contributed by atoms with Crippen LogP contribution in [0.4, 0.5) is 5.13 Å². The number of hydrogen-bond donors (Lipinski definition) is 0. The van der Waals surface area contributed by atoms with E-state index in [1.54, 1.807) is 23.0 Å². The summed E-state index contributed by atoms with van der Waals surface area (Å²) in [6, 6.07) is 10.1. The van der Waals surface area contributed by atoms with E-state index in [4.69, 9.17) is 0 Å². The molecule has 5 nitrogen and oxygen atoms in total. The fourth-order valence-electron chi connectivity index (χ4n) is 2.81. The third-order valence-electron chi connectivity index (χ3n) is 4.11. The van der Waals surface area contributed by atoms with Gasteiger partial charge in [-0.3, -0.25) is 14.5 Å². The minimum atomic E-state index is -0.271. The predicted octanol–water partition coefficient (Wildman–Crippen LogP) is 2.20. The second-order valence-electron chi connectivity index (χ2n) is 5.69. The van der Waals surface area contributed by atoms with Crippen LogP contribution in [0.15, 0.2) is 41.9 Å². The normalized spacial score (nSPS) is 17.5. The number of aromatic nitrogens is 1. The zero-order valence-electron chi connectivity index (χ0n) is 13.0. The Balaban J connectivity index is 1.57. The van der Waals surface area contributed by atoms with Crippen molar-refractivity contribution in [3.05, 3.63) is 47.5 Å². The Bertz CT molecular complexity index is 672.